The lowest BCUT2D eigenvalue weighted by Crippen LogP contribution is -2.49. The fraction of sp³-hybridized carbons (Fsp3) is 0.700. The number of hydrogen-bond acceptors (Lipinski definition) is 2. The van der Waals surface area contributed by atoms with E-state index in [0.29, 0.717) is 6.54 Å². The van der Waals surface area contributed by atoms with Gasteiger partial charge in [0.15, 0.2) is 0 Å². The third kappa shape index (κ3) is 3.33. The number of nitrogens with zero attached hydrogens (tertiary/aromatic N) is 3. The van der Waals surface area contributed by atoms with Crippen LogP contribution >= 0.6 is 0 Å². The Balaban J connectivity index is 1.48. The van der Waals surface area contributed by atoms with Crippen LogP contribution in [0.4, 0.5) is 0 Å². The molecule has 25 heavy (non-hydrogen) atoms. The largest absolute Gasteiger partial charge is 0.353 e. The summed E-state index contributed by atoms with van der Waals surface area (Å²) in [6.45, 7) is 2.31. The molecule has 5 nitrogen and oxygen atoms in total. The van der Waals surface area contributed by atoms with E-state index in [2.05, 4.69) is 34.8 Å². The van der Waals surface area contributed by atoms with Crippen molar-refractivity contribution >= 4 is 11.8 Å². The molecule has 0 N–H and O–H groups in total. The Morgan fingerprint density at radius 3 is 2.52 bits per heavy atom. The summed E-state index contributed by atoms with van der Waals surface area (Å²) in [4.78, 5) is 29.8. The first-order valence-electron chi connectivity index (χ1n) is 9.85. The molecular weight excluding hydrogens is 314 g/mol. The van der Waals surface area contributed by atoms with E-state index in [-0.39, 0.29) is 29.7 Å². The maximum absolute atomic E-state index is 13.3. The van der Waals surface area contributed by atoms with Gasteiger partial charge in [-0.2, -0.15) is 0 Å². The first kappa shape index (κ1) is 16.7. The van der Waals surface area contributed by atoms with Gasteiger partial charge in [0.2, 0.25) is 11.8 Å². The molecule has 0 bridgehead atoms. The third-order valence-corrected chi connectivity index (χ3v) is 6.12. The molecule has 136 valence electrons. The second kappa shape index (κ2) is 6.85. The van der Waals surface area contributed by atoms with Crippen molar-refractivity contribution in [2.75, 3.05) is 19.6 Å². The van der Waals surface area contributed by atoms with Crippen molar-refractivity contribution in [1.29, 1.82) is 0 Å². The van der Waals surface area contributed by atoms with Crippen molar-refractivity contribution in [2.24, 2.45) is 18.9 Å². The predicted octanol–water partition coefficient (Wildman–Crippen LogP) is 2.73. The molecular formula is C20H29N3O2. The summed E-state index contributed by atoms with van der Waals surface area (Å²) in [5, 5.41) is 0. The summed E-state index contributed by atoms with van der Waals surface area (Å²) < 4.78 is 2.14. The maximum Gasteiger partial charge on any atom is 0.228 e. The highest BCUT2D eigenvalue weighted by Crippen LogP contribution is 2.35. The molecule has 3 fully saturated rings. The van der Waals surface area contributed by atoms with E-state index in [1.807, 2.05) is 4.90 Å². The van der Waals surface area contributed by atoms with Crippen LogP contribution in [-0.4, -0.2) is 45.8 Å². The zero-order valence-corrected chi connectivity index (χ0v) is 15.2. The van der Waals surface area contributed by atoms with Crippen molar-refractivity contribution in [3.05, 3.63) is 24.0 Å². The van der Waals surface area contributed by atoms with Crippen molar-refractivity contribution in [1.82, 2.24) is 14.4 Å². The summed E-state index contributed by atoms with van der Waals surface area (Å²) in [6, 6.07) is 4.39. The van der Waals surface area contributed by atoms with Crippen LogP contribution in [0.5, 0.6) is 0 Å². The highest BCUT2D eigenvalue weighted by Gasteiger charge is 2.39. The molecule has 3 heterocycles. The van der Waals surface area contributed by atoms with Crippen molar-refractivity contribution in [3.63, 3.8) is 0 Å². The molecule has 5 heteroatoms. The van der Waals surface area contributed by atoms with Gasteiger partial charge in [-0.05, 0) is 57.1 Å². The van der Waals surface area contributed by atoms with Gasteiger partial charge in [-0.3, -0.25) is 9.59 Å². The van der Waals surface area contributed by atoms with E-state index in [9.17, 15) is 9.59 Å². The molecule has 1 saturated carbocycles. The summed E-state index contributed by atoms with van der Waals surface area (Å²) >= 11 is 0. The summed E-state index contributed by atoms with van der Waals surface area (Å²) in [7, 11) is 2.06. The molecule has 2 atom stereocenters. The van der Waals surface area contributed by atoms with E-state index in [0.717, 1.165) is 51.6 Å². The van der Waals surface area contributed by atoms with E-state index in [1.165, 1.54) is 12.1 Å². The average molecular weight is 343 g/mol. The lowest BCUT2D eigenvalue weighted by atomic mass is 9.92. The molecule has 0 aromatic carbocycles. The van der Waals surface area contributed by atoms with Gasteiger partial charge in [-0.1, -0.05) is 0 Å². The third-order valence-electron chi connectivity index (χ3n) is 6.12. The molecule has 0 spiro atoms. The zero-order chi connectivity index (χ0) is 17.4. The minimum Gasteiger partial charge on any atom is -0.353 e. The van der Waals surface area contributed by atoms with Crippen LogP contribution in [0.15, 0.2) is 18.3 Å². The molecule has 2 aliphatic heterocycles. The lowest BCUT2D eigenvalue weighted by molar-refractivity contribution is -0.144. The van der Waals surface area contributed by atoms with Crippen LogP contribution in [0.1, 0.15) is 56.7 Å². The first-order chi connectivity index (χ1) is 12.1. The smallest absolute Gasteiger partial charge is 0.228 e. The molecule has 0 unspecified atom stereocenters. The van der Waals surface area contributed by atoms with Gasteiger partial charge >= 0.3 is 0 Å². The summed E-state index contributed by atoms with van der Waals surface area (Å²) in [6.07, 6.45) is 9.32. The Bertz CT molecular complexity index is 649. The quantitative estimate of drug-likeness (QED) is 0.847. The van der Waals surface area contributed by atoms with Crippen molar-refractivity contribution in [3.8, 4) is 0 Å². The second-order valence-electron chi connectivity index (χ2n) is 7.98. The number of hydrogen-bond donors (Lipinski definition) is 0. The van der Waals surface area contributed by atoms with Gasteiger partial charge < -0.3 is 14.4 Å². The summed E-state index contributed by atoms with van der Waals surface area (Å²) in [5.41, 5.74) is 1.23. The standard InChI is InChI=1S/C20H29N3O2/c1-21-11-5-8-17(21)18-7-2-3-13-23(18)20(25)16-6-4-12-22(14-16)19(24)15-9-10-15/h5,8,11,15-16,18H,2-4,6-7,9-10,12-14H2,1H3/t16-,18-/m0/s1. The van der Waals surface area contributed by atoms with Gasteiger partial charge in [-0.25, -0.2) is 0 Å². The lowest BCUT2D eigenvalue weighted by Gasteiger charge is -2.40. The highest BCUT2D eigenvalue weighted by molar-refractivity contribution is 5.83. The zero-order valence-electron chi connectivity index (χ0n) is 15.2. The second-order valence-corrected chi connectivity index (χ2v) is 7.98. The number of aryl methyl sites for hydroxylation is 1. The minimum absolute atomic E-state index is 0.0164. The Morgan fingerprint density at radius 2 is 1.80 bits per heavy atom. The van der Waals surface area contributed by atoms with Crippen LogP contribution in [-0.2, 0) is 16.6 Å². The number of carbonyl (C=O) groups is 2. The van der Waals surface area contributed by atoms with Gasteiger partial charge in [-0.15, -0.1) is 0 Å². The molecule has 4 rings (SSSR count). The number of carbonyl (C=O) groups excluding carboxylic acids is 2. The van der Waals surface area contributed by atoms with Gasteiger partial charge in [0.05, 0.1) is 12.0 Å². The average Bonchev–Trinajstić information content (AvgIpc) is 3.42. The topological polar surface area (TPSA) is 45.6 Å². The number of aromatic nitrogens is 1. The van der Waals surface area contributed by atoms with Crippen LogP contribution in [0.25, 0.3) is 0 Å². The van der Waals surface area contributed by atoms with Gasteiger partial charge in [0.1, 0.15) is 0 Å². The number of likely N-dealkylation sites (tertiary alicyclic amines) is 2. The number of rotatable bonds is 3. The van der Waals surface area contributed by atoms with Crippen LogP contribution < -0.4 is 0 Å². The fourth-order valence-electron chi connectivity index (χ4n) is 4.53. The monoisotopic (exact) mass is 343 g/mol. The molecule has 1 aromatic rings. The summed E-state index contributed by atoms with van der Waals surface area (Å²) in [5.74, 6) is 0.784. The molecule has 3 aliphatic rings. The highest BCUT2D eigenvalue weighted by atomic mass is 16.2. The van der Waals surface area contributed by atoms with Crippen molar-refractivity contribution in [2.45, 2.75) is 51.0 Å². The minimum atomic E-state index is -0.0164. The van der Waals surface area contributed by atoms with Crippen LogP contribution in [0.2, 0.25) is 0 Å². The molecule has 1 aromatic heterocycles. The Morgan fingerprint density at radius 1 is 0.960 bits per heavy atom. The van der Waals surface area contributed by atoms with E-state index >= 15 is 0 Å². The van der Waals surface area contributed by atoms with E-state index < -0.39 is 0 Å². The van der Waals surface area contributed by atoms with Crippen LogP contribution in [0.3, 0.4) is 0 Å². The van der Waals surface area contributed by atoms with Crippen molar-refractivity contribution < 1.29 is 9.59 Å². The Labute approximate surface area is 150 Å². The molecule has 2 saturated heterocycles. The molecule has 0 radical (unpaired) electrons. The number of piperidine rings is 2. The first-order valence-corrected chi connectivity index (χ1v) is 9.85. The number of amides is 2. The fourth-order valence-corrected chi connectivity index (χ4v) is 4.53. The molecule has 2 amide bonds. The Kier molecular flexibility index (Phi) is 4.57. The SMILES string of the molecule is Cn1cccc1[C@@H]1CCCCN1C(=O)[C@H]1CCCN(C(=O)C2CC2)C1. The van der Waals surface area contributed by atoms with Crippen LogP contribution in [0, 0.1) is 11.8 Å². The predicted molar refractivity (Wildman–Crippen MR) is 95.7 cm³/mol. The van der Waals surface area contributed by atoms with Gasteiger partial charge in [0, 0.05) is 44.5 Å². The van der Waals surface area contributed by atoms with E-state index in [4.69, 9.17) is 0 Å². The molecule has 1 aliphatic carbocycles. The maximum atomic E-state index is 13.3. The van der Waals surface area contributed by atoms with Gasteiger partial charge in [0.25, 0.3) is 0 Å². The van der Waals surface area contributed by atoms with E-state index in [1.54, 1.807) is 0 Å². The Hall–Kier alpha value is -1.78. The normalized spacial score (nSPS) is 27.4.